The van der Waals surface area contributed by atoms with Crippen molar-refractivity contribution < 1.29 is 0 Å². The maximum absolute atomic E-state index is 6.35. The minimum Gasteiger partial charge on any atom is -0.368 e. The first-order valence-corrected chi connectivity index (χ1v) is 12.0. The second-order valence-corrected chi connectivity index (χ2v) is 8.80. The minimum absolute atomic E-state index is 0. The molecule has 2 saturated heterocycles. The molecule has 2 aliphatic rings. The molecule has 0 saturated carbocycles. The number of aliphatic imine (C=N–C) groups is 1. The lowest BCUT2D eigenvalue weighted by Gasteiger charge is -2.36. The van der Waals surface area contributed by atoms with Crippen molar-refractivity contribution in [3.8, 4) is 0 Å². The Morgan fingerprint density at radius 2 is 1.71 bits per heavy atom. The van der Waals surface area contributed by atoms with Gasteiger partial charge in [0, 0.05) is 58.9 Å². The van der Waals surface area contributed by atoms with Gasteiger partial charge in [0.1, 0.15) is 0 Å². The van der Waals surface area contributed by atoms with Gasteiger partial charge in [-0.15, -0.1) is 24.0 Å². The maximum Gasteiger partial charge on any atom is 0.191 e. The highest BCUT2D eigenvalue weighted by Crippen LogP contribution is 2.25. The van der Waals surface area contributed by atoms with Gasteiger partial charge in [-0.3, -0.25) is 9.89 Å². The summed E-state index contributed by atoms with van der Waals surface area (Å²) in [5, 5.41) is 7.97. The molecule has 0 aliphatic carbocycles. The molecule has 0 radical (unpaired) electrons. The zero-order chi connectivity index (χ0) is 21.2. The molecular formula is C23H40ClIN6. The Balaban J connectivity index is 0.00000341. The lowest BCUT2D eigenvalue weighted by Crippen LogP contribution is -2.49. The van der Waals surface area contributed by atoms with Crippen LogP contribution in [-0.4, -0.2) is 87.8 Å². The Morgan fingerprint density at radius 3 is 2.35 bits per heavy atom. The number of piperazine rings is 1. The summed E-state index contributed by atoms with van der Waals surface area (Å²) < 4.78 is 0. The van der Waals surface area contributed by atoms with Crippen LogP contribution in [0.4, 0.5) is 5.69 Å². The fraction of sp³-hybridized carbons (Fsp3) is 0.696. The van der Waals surface area contributed by atoms with Crippen molar-refractivity contribution >= 4 is 47.2 Å². The van der Waals surface area contributed by atoms with Gasteiger partial charge in [0.2, 0.25) is 0 Å². The molecule has 6 nitrogen and oxygen atoms in total. The number of likely N-dealkylation sites (tertiary alicyclic amines) is 1. The van der Waals surface area contributed by atoms with E-state index in [9.17, 15) is 0 Å². The van der Waals surface area contributed by atoms with Crippen LogP contribution in [0.15, 0.2) is 29.3 Å². The highest BCUT2D eigenvalue weighted by molar-refractivity contribution is 14.0. The molecule has 1 aromatic carbocycles. The van der Waals surface area contributed by atoms with E-state index in [-0.39, 0.29) is 24.0 Å². The molecule has 3 rings (SSSR count). The first-order valence-electron chi connectivity index (χ1n) is 11.6. The van der Waals surface area contributed by atoms with Crippen LogP contribution in [0.5, 0.6) is 0 Å². The largest absolute Gasteiger partial charge is 0.368 e. The monoisotopic (exact) mass is 562 g/mol. The van der Waals surface area contributed by atoms with Gasteiger partial charge in [-0.1, -0.05) is 30.7 Å². The minimum atomic E-state index is 0. The molecule has 2 heterocycles. The number of rotatable bonds is 8. The van der Waals surface area contributed by atoms with E-state index in [1.165, 1.54) is 38.9 Å². The summed E-state index contributed by atoms with van der Waals surface area (Å²) in [6.07, 6.45) is 4.78. The van der Waals surface area contributed by atoms with Crippen LogP contribution >= 0.6 is 35.6 Å². The summed E-state index contributed by atoms with van der Waals surface area (Å²) >= 11 is 6.35. The molecule has 0 unspecified atom stereocenters. The summed E-state index contributed by atoms with van der Waals surface area (Å²) in [6, 6.07) is 8.70. The molecule has 8 heteroatoms. The van der Waals surface area contributed by atoms with Gasteiger partial charge >= 0.3 is 0 Å². The number of nitrogens with one attached hydrogen (secondary N) is 2. The van der Waals surface area contributed by atoms with Crippen molar-refractivity contribution in [3.05, 3.63) is 29.3 Å². The Kier molecular flexibility index (Phi) is 12.3. The lowest BCUT2D eigenvalue weighted by atomic mass is 10.1. The molecule has 2 fully saturated rings. The number of hydrogen-bond acceptors (Lipinski definition) is 4. The van der Waals surface area contributed by atoms with Gasteiger partial charge in [0.15, 0.2) is 5.96 Å². The maximum atomic E-state index is 6.35. The molecule has 2 aliphatic heterocycles. The average Bonchev–Trinajstić information content (AvgIpc) is 2.78. The molecule has 0 spiro atoms. The number of halogens is 2. The number of guanidine groups is 1. The fourth-order valence-corrected chi connectivity index (χ4v) is 4.69. The van der Waals surface area contributed by atoms with Crippen LogP contribution in [-0.2, 0) is 0 Å². The number of anilines is 1. The van der Waals surface area contributed by atoms with E-state index in [0.717, 1.165) is 62.4 Å². The molecule has 0 bridgehead atoms. The molecule has 0 amide bonds. The van der Waals surface area contributed by atoms with Crippen LogP contribution in [0.25, 0.3) is 0 Å². The summed E-state index contributed by atoms with van der Waals surface area (Å²) in [5.74, 6) is 0.951. The molecule has 0 atom stereocenters. The van der Waals surface area contributed by atoms with Crippen LogP contribution in [0.3, 0.4) is 0 Å². The quantitative estimate of drug-likeness (QED) is 0.220. The third kappa shape index (κ3) is 8.59. The highest BCUT2D eigenvalue weighted by Gasteiger charge is 2.20. The van der Waals surface area contributed by atoms with E-state index < -0.39 is 0 Å². The lowest BCUT2D eigenvalue weighted by molar-refractivity contribution is 0.206. The molecule has 0 aromatic heterocycles. The van der Waals surface area contributed by atoms with Gasteiger partial charge in [-0.25, -0.2) is 0 Å². The highest BCUT2D eigenvalue weighted by atomic mass is 127. The van der Waals surface area contributed by atoms with Crippen LogP contribution in [0.2, 0.25) is 5.02 Å². The molecule has 1 aromatic rings. The van der Waals surface area contributed by atoms with Gasteiger partial charge in [0.05, 0.1) is 10.7 Å². The number of hydrogen-bond donors (Lipinski definition) is 2. The van der Waals surface area contributed by atoms with Crippen molar-refractivity contribution in [1.82, 2.24) is 20.4 Å². The Hall–Kier alpha value is -0.770. The number of para-hydroxylation sites is 1. The Morgan fingerprint density at radius 1 is 1.03 bits per heavy atom. The van der Waals surface area contributed by atoms with Gasteiger partial charge < -0.3 is 20.4 Å². The number of piperidine rings is 1. The van der Waals surface area contributed by atoms with Crippen LogP contribution < -0.4 is 15.5 Å². The zero-order valence-corrected chi connectivity index (χ0v) is 22.2. The number of benzene rings is 1. The summed E-state index contributed by atoms with van der Waals surface area (Å²) in [6.45, 7) is 12.2. The Labute approximate surface area is 210 Å². The third-order valence-corrected chi connectivity index (χ3v) is 6.52. The zero-order valence-electron chi connectivity index (χ0n) is 19.2. The van der Waals surface area contributed by atoms with Crippen molar-refractivity contribution in [3.63, 3.8) is 0 Å². The topological polar surface area (TPSA) is 46.1 Å². The van der Waals surface area contributed by atoms with E-state index in [4.69, 9.17) is 11.6 Å². The van der Waals surface area contributed by atoms with Gasteiger partial charge in [-0.2, -0.15) is 0 Å². The number of nitrogens with zero attached hydrogens (tertiary/aromatic N) is 4. The smallest absolute Gasteiger partial charge is 0.191 e. The second kappa shape index (κ2) is 14.4. The van der Waals surface area contributed by atoms with Crippen molar-refractivity contribution in [1.29, 1.82) is 0 Å². The SMILES string of the molecule is CCCN1CCC(NC(=NC)NCCCN2CCN(c3ccccc3Cl)CC2)CC1.I. The average molecular weight is 563 g/mol. The normalized spacial score (nSPS) is 19.2. The predicted molar refractivity (Wildman–Crippen MR) is 144 cm³/mol. The fourth-order valence-electron chi connectivity index (χ4n) is 4.44. The molecule has 176 valence electrons. The summed E-state index contributed by atoms with van der Waals surface area (Å²) in [4.78, 5) is 11.9. The van der Waals surface area contributed by atoms with Crippen molar-refractivity contribution in [2.45, 2.75) is 38.6 Å². The van der Waals surface area contributed by atoms with Gasteiger partial charge in [-0.05, 0) is 50.9 Å². The van der Waals surface area contributed by atoms with E-state index in [1.807, 2.05) is 19.2 Å². The summed E-state index contributed by atoms with van der Waals surface area (Å²) in [7, 11) is 1.87. The van der Waals surface area contributed by atoms with E-state index in [2.05, 4.69) is 49.4 Å². The van der Waals surface area contributed by atoms with Gasteiger partial charge in [0.25, 0.3) is 0 Å². The van der Waals surface area contributed by atoms with Crippen LogP contribution in [0.1, 0.15) is 32.6 Å². The second-order valence-electron chi connectivity index (χ2n) is 8.39. The first kappa shape index (κ1) is 26.5. The first-order chi connectivity index (χ1) is 14.7. The standard InChI is InChI=1S/C23H39ClN6.HI/c1-3-12-28-14-9-20(10-15-28)27-23(25-2)26-11-6-13-29-16-18-30(19-17-29)22-8-5-4-7-21(22)24;/h4-5,7-8,20H,3,6,9-19H2,1-2H3,(H2,25,26,27);1H. The predicted octanol–water partition coefficient (Wildman–Crippen LogP) is 3.51. The van der Waals surface area contributed by atoms with E-state index >= 15 is 0 Å². The van der Waals surface area contributed by atoms with Crippen LogP contribution in [0, 0.1) is 0 Å². The summed E-state index contributed by atoms with van der Waals surface area (Å²) in [5.41, 5.74) is 1.16. The van der Waals surface area contributed by atoms with E-state index in [0.29, 0.717) is 6.04 Å². The molecule has 2 N–H and O–H groups in total. The van der Waals surface area contributed by atoms with E-state index in [1.54, 1.807) is 0 Å². The molecular weight excluding hydrogens is 523 g/mol. The third-order valence-electron chi connectivity index (χ3n) is 6.20. The van der Waals surface area contributed by atoms with Crippen molar-refractivity contribution in [2.75, 3.05) is 70.9 Å². The van der Waals surface area contributed by atoms with Crippen molar-refractivity contribution in [2.24, 2.45) is 4.99 Å². The Bertz CT molecular complexity index is 657. The molecule has 31 heavy (non-hydrogen) atoms.